The smallest absolute Gasteiger partial charge is 0.248 e. The van der Waals surface area contributed by atoms with Gasteiger partial charge in [-0.2, -0.15) is 5.10 Å². The van der Waals surface area contributed by atoms with E-state index in [2.05, 4.69) is 42.1 Å². The maximum atomic E-state index is 12.6. The van der Waals surface area contributed by atoms with Crippen molar-refractivity contribution in [3.05, 3.63) is 100 Å². The first-order valence-electron chi connectivity index (χ1n) is 10.9. The van der Waals surface area contributed by atoms with Gasteiger partial charge in [-0.1, -0.05) is 75.1 Å². The number of aliphatic hydroxyl groups is 1. The predicted molar refractivity (Wildman–Crippen MR) is 130 cm³/mol. The van der Waals surface area contributed by atoms with Gasteiger partial charge >= 0.3 is 0 Å². The average Bonchev–Trinajstić information content (AvgIpc) is 3.18. The standard InChI is InChI=1S/C27H31N3O2/c1-5-23(21(4)31)14-11-19(2)12-16-26(32)29-27-20(3)13-15-25-24(27)17-28-30(25)18-22-9-7-6-8-10-22/h6-12,14-17,20,31H,2,5,13,18H2,1,3-4H3,(H,29,32)/b14-11-,16-12+,23-21+. The molecule has 2 N–H and O–H groups in total. The molecule has 0 aliphatic heterocycles. The number of fused-ring (bicyclic) bond motifs is 1. The number of carbonyl (C=O) groups excluding carboxylic acids is 1. The zero-order valence-electron chi connectivity index (χ0n) is 19.0. The fourth-order valence-corrected chi connectivity index (χ4v) is 3.68. The molecule has 3 rings (SSSR count). The van der Waals surface area contributed by atoms with Crippen molar-refractivity contribution in [3.63, 3.8) is 0 Å². The number of aliphatic hydroxyl groups excluding tert-OH is 1. The molecule has 1 unspecified atom stereocenters. The van der Waals surface area contributed by atoms with Crippen molar-refractivity contribution in [2.24, 2.45) is 5.92 Å². The van der Waals surface area contributed by atoms with Crippen LogP contribution in [-0.2, 0) is 11.3 Å². The van der Waals surface area contributed by atoms with Crippen molar-refractivity contribution in [2.45, 2.75) is 40.2 Å². The molecule has 0 saturated carbocycles. The number of carbonyl (C=O) groups is 1. The highest BCUT2D eigenvalue weighted by atomic mass is 16.3. The van der Waals surface area contributed by atoms with Crippen molar-refractivity contribution in [1.29, 1.82) is 0 Å². The van der Waals surface area contributed by atoms with Crippen LogP contribution in [0.3, 0.4) is 0 Å². The summed E-state index contributed by atoms with van der Waals surface area (Å²) in [6, 6.07) is 10.2. The van der Waals surface area contributed by atoms with Crippen molar-refractivity contribution in [1.82, 2.24) is 15.1 Å². The predicted octanol–water partition coefficient (Wildman–Crippen LogP) is 3.89. The normalized spacial score (nSPS) is 16.6. The first kappa shape index (κ1) is 23.1. The lowest BCUT2D eigenvalue weighted by Crippen LogP contribution is -2.40. The minimum atomic E-state index is -0.199. The summed E-state index contributed by atoms with van der Waals surface area (Å²) in [6.45, 7) is 10.4. The monoisotopic (exact) mass is 429 g/mol. The first-order chi connectivity index (χ1) is 15.4. The van der Waals surface area contributed by atoms with Crippen LogP contribution in [0.25, 0.3) is 11.8 Å². The second kappa shape index (κ2) is 10.6. The molecule has 166 valence electrons. The molecule has 0 fully saturated rings. The molecule has 1 aromatic heterocycles. The van der Waals surface area contributed by atoms with Gasteiger partial charge in [-0.05, 0) is 36.5 Å². The van der Waals surface area contributed by atoms with Crippen LogP contribution in [0.4, 0.5) is 0 Å². The molecule has 0 saturated heterocycles. The molecule has 0 spiro atoms. The zero-order chi connectivity index (χ0) is 23.1. The summed E-state index contributed by atoms with van der Waals surface area (Å²) in [6.07, 6.45) is 12.4. The van der Waals surface area contributed by atoms with E-state index in [9.17, 15) is 9.90 Å². The third-order valence-corrected chi connectivity index (χ3v) is 5.55. The van der Waals surface area contributed by atoms with Crippen LogP contribution in [0.15, 0.2) is 84.3 Å². The van der Waals surface area contributed by atoms with Crippen molar-refractivity contribution >= 4 is 17.7 Å². The molecule has 1 aliphatic rings. The number of hydrogen-bond donors (Lipinski definition) is 2. The number of allylic oxidation sites excluding steroid dienone is 6. The van der Waals surface area contributed by atoms with Crippen molar-refractivity contribution in [3.8, 4) is 0 Å². The van der Waals surface area contributed by atoms with Gasteiger partial charge in [0.15, 0.2) is 0 Å². The highest BCUT2D eigenvalue weighted by Crippen LogP contribution is 2.15. The van der Waals surface area contributed by atoms with Crippen LogP contribution < -0.4 is 15.9 Å². The molecule has 32 heavy (non-hydrogen) atoms. The van der Waals surface area contributed by atoms with Crippen molar-refractivity contribution < 1.29 is 9.90 Å². The molecule has 1 heterocycles. The Balaban J connectivity index is 1.76. The number of rotatable bonds is 8. The highest BCUT2D eigenvalue weighted by Gasteiger charge is 2.17. The maximum Gasteiger partial charge on any atom is 0.248 e. The number of aromatic nitrogens is 2. The molecule has 1 aromatic carbocycles. The zero-order valence-corrected chi connectivity index (χ0v) is 19.0. The van der Waals surface area contributed by atoms with Gasteiger partial charge in [-0.25, -0.2) is 0 Å². The van der Waals surface area contributed by atoms with Crippen LogP contribution in [0.2, 0.25) is 0 Å². The lowest BCUT2D eigenvalue weighted by molar-refractivity contribution is -0.115. The van der Waals surface area contributed by atoms with E-state index in [0.29, 0.717) is 17.9 Å². The summed E-state index contributed by atoms with van der Waals surface area (Å²) in [4.78, 5) is 12.6. The van der Waals surface area contributed by atoms with Gasteiger partial charge in [0, 0.05) is 22.9 Å². The van der Waals surface area contributed by atoms with Crippen LogP contribution in [0.5, 0.6) is 0 Å². The molecule has 1 aliphatic carbocycles. The molecule has 5 nitrogen and oxygen atoms in total. The number of nitrogens with one attached hydrogen (secondary N) is 1. The fourth-order valence-electron chi connectivity index (χ4n) is 3.68. The summed E-state index contributed by atoms with van der Waals surface area (Å²) < 4.78 is 1.98. The second-order valence-electron chi connectivity index (χ2n) is 8.04. The topological polar surface area (TPSA) is 67.2 Å². The van der Waals surface area contributed by atoms with E-state index < -0.39 is 0 Å². The third-order valence-electron chi connectivity index (χ3n) is 5.55. The molecule has 0 bridgehead atoms. The highest BCUT2D eigenvalue weighted by molar-refractivity contribution is 5.93. The lowest BCUT2D eigenvalue weighted by Gasteiger charge is -2.17. The van der Waals surface area contributed by atoms with E-state index in [1.165, 1.54) is 11.6 Å². The number of nitrogens with zero attached hydrogens (tertiary/aromatic N) is 2. The lowest BCUT2D eigenvalue weighted by atomic mass is 9.98. The van der Waals surface area contributed by atoms with E-state index in [1.54, 1.807) is 19.1 Å². The van der Waals surface area contributed by atoms with E-state index >= 15 is 0 Å². The van der Waals surface area contributed by atoms with Gasteiger partial charge in [-0.15, -0.1) is 0 Å². The van der Waals surface area contributed by atoms with Crippen LogP contribution in [0.1, 0.15) is 39.2 Å². The number of hydrogen-bond acceptors (Lipinski definition) is 3. The summed E-state index contributed by atoms with van der Waals surface area (Å²) in [7, 11) is 0. The molecule has 2 aromatic rings. The molecular formula is C27H31N3O2. The van der Waals surface area contributed by atoms with E-state index in [0.717, 1.165) is 34.7 Å². The second-order valence-corrected chi connectivity index (χ2v) is 8.04. The Bertz CT molecular complexity index is 1190. The van der Waals surface area contributed by atoms with Gasteiger partial charge in [0.1, 0.15) is 0 Å². The average molecular weight is 430 g/mol. The quantitative estimate of drug-likeness (QED) is 0.380. The largest absolute Gasteiger partial charge is 0.512 e. The molecule has 5 heteroatoms. The van der Waals surface area contributed by atoms with Crippen LogP contribution in [-0.4, -0.2) is 20.8 Å². The van der Waals surface area contributed by atoms with Gasteiger partial charge < -0.3 is 10.4 Å². The summed E-state index contributed by atoms with van der Waals surface area (Å²) >= 11 is 0. The molecule has 0 radical (unpaired) electrons. The van der Waals surface area contributed by atoms with Gasteiger partial charge in [0.2, 0.25) is 5.91 Å². The Kier molecular flexibility index (Phi) is 7.66. The Morgan fingerprint density at radius 3 is 2.66 bits per heavy atom. The minimum Gasteiger partial charge on any atom is -0.512 e. The van der Waals surface area contributed by atoms with E-state index in [-0.39, 0.29) is 11.8 Å². The Morgan fingerprint density at radius 2 is 1.97 bits per heavy atom. The van der Waals surface area contributed by atoms with E-state index in [4.69, 9.17) is 0 Å². The minimum absolute atomic E-state index is 0.196. The summed E-state index contributed by atoms with van der Waals surface area (Å²) in [5.41, 5.74) is 3.60. The van der Waals surface area contributed by atoms with Gasteiger partial charge in [-0.3, -0.25) is 9.48 Å². The molecular weight excluding hydrogens is 398 g/mol. The maximum absolute atomic E-state index is 12.6. The Labute approximate surface area is 189 Å². The Hall–Kier alpha value is -3.60. The van der Waals surface area contributed by atoms with Gasteiger partial charge in [0.25, 0.3) is 0 Å². The molecule has 1 atom stereocenters. The number of benzene rings is 1. The van der Waals surface area contributed by atoms with E-state index in [1.807, 2.05) is 42.1 Å². The molecule has 1 amide bonds. The SMILES string of the molecule is C=C(/C=C\C(CC)=C(/C)O)/C=C/C(=O)NC1=c2cnn(Cc3ccccc3)c2=CCC1C. The fraction of sp³-hybridized carbons (Fsp3) is 0.259. The Morgan fingerprint density at radius 1 is 1.25 bits per heavy atom. The summed E-state index contributed by atoms with van der Waals surface area (Å²) in [5.74, 6) is 0.290. The van der Waals surface area contributed by atoms with Crippen molar-refractivity contribution in [2.75, 3.05) is 0 Å². The van der Waals surface area contributed by atoms with Gasteiger partial charge in [0.05, 0.1) is 23.8 Å². The number of amides is 1. The van der Waals surface area contributed by atoms with Crippen LogP contribution >= 0.6 is 0 Å². The third kappa shape index (κ3) is 5.76. The summed E-state index contributed by atoms with van der Waals surface area (Å²) in [5, 5.41) is 19.3. The first-order valence-corrected chi connectivity index (χ1v) is 10.9. The van der Waals surface area contributed by atoms with Crippen LogP contribution in [0, 0.1) is 5.92 Å².